The Labute approximate surface area is 154 Å². The molecule has 0 radical (unpaired) electrons. The summed E-state index contributed by atoms with van der Waals surface area (Å²) in [6, 6.07) is 13.6. The molecule has 26 heavy (non-hydrogen) atoms. The number of benzene rings is 2. The summed E-state index contributed by atoms with van der Waals surface area (Å²) >= 11 is 0. The Morgan fingerprint density at radius 3 is 2.62 bits per heavy atom. The number of aryl methyl sites for hydroxylation is 2. The van der Waals surface area contributed by atoms with Crippen LogP contribution in [0.2, 0.25) is 0 Å². The number of methoxy groups -OCH3 is 1. The molecule has 2 amide bonds. The number of carbonyl (C=O) groups excluding carboxylic acids is 2. The van der Waals surface area contributed by atoms with E-state index in [2.05, 4.69) is 5.32 Å². The number of carbonyl (C=O) groups is 2. The second kappa shape index (κ2) is 7.60. The molecule has 3 rings (SSSR count). The van der Waals surface area contributed by atoms with E-state index in [0.29, 0.717) is 13.1 Å². The minimum Gasteiger partial charge on any atom is -0.497 e. The van der Waals surface area contributed by atoms with Gasteiger partial charge in [0.05, 0.1) is 13.0 Å². The number of ether oxygens (including phenoxy) is 1. The van der Waals surface area contributed by atoms with Crippen LogP contribution in [-0.4, -0.2) is 25.5 Å². The number of amides is 2. The highest BCUT2D eigenvalue weighted by atomic mass is 16.5. The molecular weight excluding hydrogens is 328 g/mol. The Kier molecular flexibility index (Phi) is 5.26. The zero-order chi connectivity index (χ0) is 18.7. The average Bonchev–Trinajstić information content (AvgIpc) is 3.03. The third-order valence-electron chi connectivity index (χ3n) is 4.78. The molecule has 136 valence electrons. The summed E-state index contributed by atoms with van der Waals surface area (Å²) in [6.07, 6.45) is 0.252. The third kappa shape index (κ3) is 3.87. The van der Waals surface area contributed by atoms with Crippen LogP contribution in [0.4, 0.5) is 5.69 Å². The zero-order valence-electron chi connectivity index (χ0n) is 15.4. The Morgan fingerprint density at radius 1 is 1.19 bits per heavy atom. The lowest BCUT2D eigenvalue weighted by Gasteiger charge is -2.19. The van der Waals surface area contributed by atoms with Crippen molar-refractivity contribution < 1.29 is 14.3 Å². The Balaban J connectivity index is 1.62. The fourth-order valence-electron chi connectivity index (χ4n) is 3.20. The Bertz CT molecular complexity index is 815. The number of hydrogen-bond acceptors (Lipinski definition) is 3. The maximum atomic E-state index is 12.5. The summed E-state index contributed by atoms with van der Waals surface area (Å²) in [6.45, 7) is 4.86. The van der Waals surface area contributed by atoms with E-state index in [1.165, 1.54) is 0 Å². The van der Waals surface area contributed by atoms with Gasteiger partial charge in [0.15, 0.2) is 0 Å². The van der Waals surface area contributed by atoms with E-state index in [-0.39, 0.29) is 24.2 Å². The van der Waals surface area contributed by atoms with Crippen molar-refractivity contribution in [1.82, 2.24) is 5.32 Å². The van der Waals surface area contributed by atoms with Gasteiger partial charge in [0.25, 0.3) is 0 Å². The Morgan fingerprint density at radius 2 is 1.92 bits per heavy atom. The predicted octanol–water partition coefficient (Wildman–Crippen LogP) is 2.98. The highest BCUT2D eigenvalue weighted by Crippen LogP contribution is 2.29. The minimum absolute atomic E-state index is 0.00305. The van der Waals surface area contributed by atoms with Crippen LogP contribution in [0.3, 0.4) is 0 Å². The molecule has 0 unspecified atom stereocenters. The van der Waals surface area contributed by atoms with Gasteiger partial charge in [-0.3, -0.25) is 9.59 Å². The number of anilines is 1. The SMILES string of the molecule is COc1ccc(CNC(=O)[C@@H]2CC(=O)N(c3cc(C)ccc3C)C2)cc1. The van der Waals surface area contributed by atoms with E-state index < -0.39 is 0 Å². The fraction of sp³-hybridized carbons (Fsp3) is 0.333. The summed E-state index contributed by atoms with van der Waals surface area (Å²) in [5, 5.41) is 2.94. The maximum Gasteiger partial charge on any atom is 0.227 e. The summed E-state index contributed by atoms with van der Waals surface area (Å²) in [7, 11) is 1.62. The molecule has 0 spiro atoms. The molecular formula is C21H24N2O3. The van der Waals surface area contributed by atoms with Crippen molar-refractivity contribution in [3.8, 4) is 5.75 Å². The predicted molar refractivity (Wildman–Crippen MR) is 101 cm³/mol. The summed E-state index contributed by atoms with van der Waals surface area (Å²) < 4.78 is 5.13. The van der Waals surface area contributed by atoms with Gasteiger partial charge in [0.2, 0.25) is 11.8 Å². The van der Waals surface area contributed by atoms with Gasteiger partial charge < -0.3 is 15.0 Å². The molecule has 2 aromatic rings. The second-order valence-electron chi connectivity index (χ2n) is 6.76. The molecule has 0 aliphatic carbocycles. The third-order valence-corrected chi connectivity index (χ3v) is 4.78. The molecule has 0 aromatic heterocycles. The molecule has 5 heteroatoms. The standard InChI is InChI=1S/C21H24N2O3/c1-14-4-5-15(2)19(10-14)23-13-17(11-20(23)24)21(25)22-12-16-6-8-18(26-3)9-7-16/h4-10,17H,11-13H2,1-3H3,(H,22,25)/t17-/m1/s1. The number of hydrogen-bond donors (Lipinski definition) is 1. The van der Waals surface area contributed by atoms with Crippen LogP contribution in [-0.2, 0) is 16.1 Å². The average molecular weight is 352 g/mol. The highest BCUT2D eigenvalue weighted by molar-refractivity contribution is 6.00. The van der Waals surface area contributed by atoms with Gasteiger partial charge in [-0.25, -0.2) is 0 Å². The lowest BCUT2D eigenvalue weighted by molar-refractivity contribution is -0.126. The topological polar surface area (TPSA) is 58.6 Å². The molecule has 1 aliphatic heterocycles. The lowest BCUT2D eigenvalue weighted by Crippen LogP contribution is -2.32. The van der Waals surface area contributed by atoms with E-state index >= 15 is 0 Å². The van der Waals surface area contributed by atoms with Crippen molar-refractivity contribution in [1.29, 1.82) is 0 Å². The molecule has 1 N–H and O–H groups in total. The van der Waals surface area contributed by atoms with Gasteiger partial charge in [-0.15, -0.1) is 0 Å². The van der Waals surface area contributed by atoms with Gasteiger partial charge in [-0.1, -0.05) is 24.3 Å². The first kappa shape index (κ1) is 18.0. The van der Waals surface area contributed by atoms with Crippen LogP contribution in [0.1, 0.15) is 23.1 Å². The van der Waals surface area contributed by atoms with Gasteiger partial charge in [-0.05, 0) is 48.7 Å². The summed E-state index contributed by atoms with van der Waals surface area (Å²) in [5.74, 6) is 0.386. The maximum absolute atomic E-state index is 12.5. The molecule has 1 atom stereocenters. The van der Waals surface area contributed by atoms with Gasteiger partial charge in [-0.2, -0.15) is 0 Å². The van der Waals surface area contributed by atoms with Gasteiger partial charge in [0, 0.05) is 25.2 Å². The summed E-state index contributed by atoms with van der Waals surface area (Å²) in [4.78, 5) is 26.7. The van der Waals surface area contributed by atoms with E-state index in [4.69, 9.17) is 4.74 Å². The van der Waals surface area contributed by atoms with E-state index in [1.54, 1.807) is 12.0 Å². The van der Waals surface area contributed by atoms with Crippen LogP contribution >= 0.6 is 0 Å². The molecule has 1 heterocycles. The van der Waals surface area contributed by atoms with Crippen molar-refractivity contribution >= 4 is 17.5 Å². The smallest absolute Gasteiger partial charge is 0.227 e. The molecule has 0 bridgehead atoms. The number of nitrogens with one attached hydrogen (secondary N) is 1. The largest absolute Gasteiger partial charge is 0.497 e. The molecule has 1 saturated heterocycles. The fourth-order valence-corrected chi connectivity index (χ4v) is 3.20. The molecule has 2 aromatic carbocycles. The lowest BCUT2D eigenvalue weighted by atomic mass is 10.1. The van der Waals surface area contributed by atoms with Gasteiger partial charge in [0.1, 0.15) is 5.75 Å². The Hall–Kier alpha value is -2.82. The van der Waals surface area contributed by atoms with E-state index in [1.807, 2.05) is 56.3 Å². The molecule has 5 nitrogen and oxygen atoms in total. The number of nitrogens with zero attached hydrogens (tertiary/aromatic N) is 1. The zero-order valence-corrected chi connectivity index (χ0v) is 15.4. The van der Waals surface area contributed by atoms with Crippen LogP contribution in [0.5, 0.6) is 5.75 Å². The first-order valence-electron chi connectivity index (χ1n) is 8.76. The van der Waals surface area contributed by atoms with Crippen molar-refractivity contribution in [2.75, 3.05) is 18.6 Å². The van der Waals surface area contributed by atoms with Crippen LogP contribution in [0.25, 0.3) is 0 Å². The summed E-state index contributed by atoms with van der Waals surface area (Å²) in [5.41, 5.74) is 4.05. The van der Waals surface area contributed by atoms with Crippen LogP contribution in [0, 0.1) is 19.8 Å². The molecule has 0 saturated carbocycles. The van der Waals surface area contributed by atoms with E-state index in [9.17, 15) is 9.59 Å². The van der Waals surface area contributed by atoms with Crippen molar-refractivity contribution in [2.24, 2.45) is 5.92 Å². The second-order valence-corrected chi connectivity index (χ2v) is 6.76. The van der Waals surface area contributed by atoms with Gasteiger partial charge >= 0.3 is 0 Å². The van der Waals surface area contributed by atoms with E-state index in [0.717, 1.165) is 28.1 Å². The normalized spacial score (nSPS) is 16.7. The molecule has 1 fully saturated rings. The minimum atomic E-state index is -0.319. The first-order chi connectivity index (χ1) is 12.5. The van der Waals surface area contributed by atoms with Crippen molar-refractivity contribution in [2.45, 2.75) is 26.8 Å². The van der Waals surface area contributed by atoms with Crippen molar-refractivity contribution in [3.05, 3.63) is 59.2 Å². The number of rotatable bonds is 5. The first-order valence-corrected chi connectivity index (χ1v) is 8.76. The highest BCUT2D eigenvalue weighted by Gasteiger charge is 2.35. The van der Waals surface area contributed by atoms with Crippen molar-refractivity contribution in [3.63, 3.8) is 0 Å². The van der Waals surface area contributed by atoms with Crippen LogP contribution in [0.15, 0.2) is 42.5 Å². The molecule has 1 aliphatic rings. The monoisotopic (exact) mass is 352 g/mol. The quantitative estimate of drug-likeness (QED) is 0.900. The van der Waals surface area contributed by atoms with Crippen LogP contribution < -0.4 is 15.0 Å².